The Morgan fingerprint density at radius 3 is 2.57 bits per heavy atom. The second-order valence-corrected chi connectivity index (χ2v) is 6.75. The van der Waals surface area contributed by atoms with Crippen molar-refractivity contribution in [2.24, 2.45) is 0 Å². The summed E-state index contributed by atoms with van der Waals surface area (Å²) in [5.41, 5.74) is -1.33. The molecule has 2 rings (SSSR count). The van der Waals surface area contributed by atoms with Crippen molar-refractivity contribution in [3.05, 3.63) is 34.4 Å². The number of rotatable bonds is 6. The summed E-state index contributed by atoms with van der Waals surface area (Å²) in [6, 6.07) is 4.66. The molecule has 0 atom stereocenters. The average Bonchev–Trinajstić information content (AvgIpc) is 2.35. The molecule has 0 saturated heterocycles. The third-order valence-electron chi connectivity index (χ3n) is 3.49. The molecule has 0 spiro atoms. The molecule has 2 N–H and O–H groups in total. The van der Waals surface area contributed by atoms with Crippen molar-refractivity contribution in [1.29, 1.82) is 0 Å². The maximum absolute atomic E-state index is 12.3. The van der Waals surface area contributed by atoms with Gasteiger partial charge in [-0.15, -0.1) is 0 Å². The Labute approximate surface area is 121 Å². The third kappa shape index (κ3) is 3.37. The molecule has 0 radical (unpaired) electrons. The summed E-state index contributed by atoms with van der Waals surface area (Å²) in [7, 11) is -4.00. The van der Waals surface area contributed by atoms with E-state index in [1.807, 2.05) is 0 Å². The number of carboxylic acid groups (broad SMARTS) is 1. The molecule has 1 aromatic carbocycles. The Morgan fingerprint density at radius 1 is 1.43 bits per heavy atom. The molecule has 8 nitrogen and oxygen atoms in total. The summed E-state index contributed by atoms with van der Waals surface area (Å²) in [6.07, 6.45) is 1.31. The SMILES string of the molecule is O=C(O)CC1(NS(=O)(=O)c2cccc([N+](=O)[O-])c2)CCC1. The van der Waals surface area contributed by atoms with Crippen LogP contribution in [0, 0.1) is 10.1 Å². The number of hydrogen-bond donors (Lipinski definition) is 2. The van der Waals surface area contributed by atoms with Crippen LogP contribution in [0.3, 0.4) is 0 Å². The van der Waals surface area contributed by atoms with Gasteiger partial charge in [0.15, 0.2) is 0 Å². The molecule has 114 valence electrons. The van der Waals surface area contributed by atoms with Crippen molar-refractivity contribution < 1.29 is 23.2 Å². The highest BCUT2D eigenvalue weighted by atomic mass is 32.2. The molecule has 1 aromatic rings. The fraction of sp³-hybridized carbons (Fsp3) is 0.417. The predicted octanol–water partition coefficient (Wildman–Crippen LogP) is 1.27. The molecule has 0 bridgehead atoms. The highest BCUT2D eigenvalue weighted by Crippen LogP contribution is 2.36. The lowest BCUT2D eigenvalue weighted by Gasteiger charge is -2.40. The molecular weight excluding hydrogens is 300 g/mol. The van der Waals surface area contributed by atoms with Crippen LogP contribution in [0.4, 0.5) is 5.69 Å². The molecule has 21 heavy (non-hydrogen) atoms. The van der Waals surface area contributed by atoms with Gasteiger partial charge in [-0.25, -0.2) is 13.1 Å². The molecule has 1 saturated carbocycles. The number of aliphatic carboxylic acids is 1. The standard InChI is InChI=1S/C12H14N2O6S/c15-11(16)8-12(5-2-6-12)13-21(19,20)10-4-1-3-9(7-10)14(17)18/h1,3-4,7,13H,2,5-6,8H2,(H,15,16). The van der Waals surface area contributed by atoms with Crippen LogP contribution in [0.2, 0.25) is 0 Å². The highest BCUT2D eigenvalue weighted by molar-refractivity contribution is 7.89. The van der Waals surface area contributed by atoms with Crippen LogP contribution in [-0.2, 0) is 14.8 Å². The number of nitro groups is 1. The summed E-state index contributed by atoms with van der Waals surface area (Å²) in [6.45, 7) is 0. The molecule has 0 aromatic heterocycles. The average molecular weight is 314 g/mol. The molecule has 0 aliphatic heterocycles. The third-order valence-corrected chi connectivity index (χ3v) is 5.07. The van der Waals surface area contributed by atoms with Gasteiger partial charge in [-0.05, 0) is 25.3 Å². The molecule has 0 unspecified atom stereocenters. The van der Waals surface area contributed by atoms with Gasteiger partial charge in [0.1, 0.15) is 0 Å². The van der Waals surface area contributed by atoms with Crippen LogP contribution in [0.5, 0.6) is 0 Å². The Morgan fingerprint density at radius 2 is 2.10 bits per heavy atom. The largest absolute Gasteiger partial charge is 0.481 e. The molecule has 0 amide bonds. The van der Waals surface area contributed by atoms with Crippen molar-refractivity contribution in [1.82, 2.24) is 4.72 Å². The van der Waals surface area contributed by atoms with Crippen LogP contribution in [0.1, 0.15) is 25.7 Å². The summed E-state index contributed by atoms with van der Waals surface area (Å²) in [5, 5.41) is 19.6. The number of nitrogens with zero attached hydrogens (tertiary/aromatic N) is 1. The minimum Gasteiger partial charge on any atom is -0.481 e. The van der Waals surface area contributed by atoms with Gasteiger partial charge in [-0.3, -0.25) is 14.9 Å². The van der Waals surface area contributed by atoms with E-state index in [1.165, 1.54) is 18.2 Å². The van der Waals surface area contributed by atoms with Gasteiger partial charge in [0.25, 0.3) is 5.69 Å². The van der Waals surface area contributed by atoms with E-state index in [4.69, 9.17) is 5.11 Å². The fourth-order valence-corrected chi connectivity index (χ4v) is 3.81. The number of nitro benzene ring substituents is 1. The van der Waals surface area contributed by atoms with Gasteiger partial charge >= 0.3 is 5.97 Å². The number of carboxylic acids is 1. The van der Waals surface area contributed by atoms with Crippen LogP contribution in [-0.4, -0.2) is 30.0 Å². The number of hydrogen-bond acceptors (Lipinski definition) is 5. The minimum atomic E-state index is -4.00. The Hall–Kier alpha value is -2.00. The zero-order valence-electron chi connectivity index (χ0n) is 11.0. The first-order valence-corrected chi connectivity index (χ1v) is 7.73. The lowest BCUT2D eigenvalue weighted by molar-refractivity contribution is -0.385. The van der Waals surface area contributed by atoms with E-state index < -0.39 is 26.5 Å². The summed E-state index contributed by atoms with van der Waals surface area (Å²) in [4.78, 5) is 20.6. The summed E-state index contributed by atoms with van der Waals surface area (Å²) in [5.74, 6) is -1.09. The monoisotopic (exact) mass is 314 g/mol. The smallest absolute Gasteiger partial charge is 0.305 e. The number of nitrogens with one attached hydrogen (secondary N) is 1. The lowest BCUT2D eigenvalue weighted by atomic mass is 9.75. The quantitative estimate of drug-likeness (QED) is 0.601. The molecule has 9 heteroatoms. The normalized spacial score (nSPS) is 17.0. The zero-order valence-corrected chi connectivity index (χ0v) is 11.8. The van der Waals surface area contributed by atoms with E-state index in [-0.39, 0.29) is 17.0 Å². The Bertz CT molecular complexity index is 681. The number of non-ortho nitro benzene ring substituents is 1. The van der Waals surface area contributed by atoms with Gasteiger partial charge < -0.3 is 5.11 Å². The van der Waals surface area contributed by atoms with Crippen molar-refractivity contribution in [2.45, 2.75) is 36.1 Å². The van der Waals surface area contributed by atoms with Gasteiger partial charge in [-0.1, -0.05) is 6.07 Å². The molecule has 1 aliphatic rings. The van der Waals surface area contributed by atoms with Crippen LogP contribution in [0.15, 0.2) is 29.2 Å². The van der Waals surface area contributed by atoms with Crippen molar-refractivity contribution in [2.75, 3.05) is 0 Å². The molecule has 0 heterocycles. The number of sulfonamides is 1. The van der Waals surface area contributed by atoms with E-state index in [9.17, 15) is 23.3 Å². The molecule has 1 aliphatic carbocycles. The van der Waals surface area contributed by atoms with Crippen molar-refractivity contribution in [3.63, 3.8) is 0 Å². The Balaban J connectivity index is 2.28. The molecule has 1 fully saturated rings. The summed E-state index contributed by atoms with van der Waals surface area (Å²) >= 11 is 0. The second kappa shape index (κ2) is 5.41. The van der Waals surface area contributed by atoms with E-state index in [0.717, 1.165) is 12.5 Å². The molecular formula is C12H14N2O6S. The van der Waals surface area contributed by atoms with Crippen LogP contribution < -0.4 is 4.72 Å². The fourth-order valence-electron chi connectivity index (χ4n) is 2.32. The predicted molar refractivity (Wildman–Crippen MR) is 72.3 cm³/mol. The maximum atomic E-state index is 12.3. The van der Waals surface area contributed by atoms with Crippen LogP contribution >= 0.6 is 0 Å². The van der Waals surface area contributed by atoms with Gasteiger partial charge in [-0.2, -0.15) is 0 Å². The number of benzene rings is 1. The van der Waals surface area contributed by atoms with Crippen molar-refractivity contribution in [3.8, 4) is 0 Å². The zero-order chi connectivity index (χ0) is 15.7. The minimum absolute atomic E-state index is 0.242. The van der Waals surface area contributed by atoms with E-state index in [0.29, 0.717) is 12.8 Å². The topological polar surface area (TPSA) is 127 Å². The summed E-state index contributed by atoms with van der Waals surface area (Å²) < 4.78 is 26.9. The van der Waals surface area contributed by atoms with Gasteiger partial charge in [0.2, 0.25) is 10.0 Å². The first-order valence-electron chi connectivity index (χ1n) is 6.24. The van der Waals surface area contributed by atoms with Crippen molar-refractivity contribution >= 4 is 21.7 Å². The Kier molecular flexibility index (Phi) is 3.97. The first-order chi connectivity index (χ1) is 9.74. The maximum Gasteiger partial charge on any atom is 0.305 e. The van der Waals surface area contributed by atoms with E-state index in [1.54, 1.807) is 0 Å². The number of carbonyl (C=O) groups is 1. The van der Waals surface area contributed by atoms with Gasteiger partial charge in [0.05, 0.1) is 16.2 Å². The van der Waals surface area contributed by atoms with E-state index >= 15 is 0 Å². The van der Waals surface area contributed by atoms with Gasteiger partial charge in [0, 0.05) is 17.7 Å². The van der Waals surface area contributed by atoms with Crippen LogP contribution in [0.25, 0.3) is 0 Å². The van der Waals surface area contributed by atoms with E-state index in [2.05, 4.69) is 4.72 Å². The highest BCUT2D eigenvalue weighted by Gasteiger charge is 2.42. The first kappa shape index (κ1) is 15.4. The second-order valence-electron chi connectivity index (χ2n) is 5.06. The lowest BCUT2D eigenvalue weighted by Crippen LogP contribution is -2.54.